The molecule has 466 valence electrons. The quantitative estimate of drug-likeness (QED) is 0.0127. The minimum atomic E-state index is -1.12. The van der Waals surface area contributed by atoms with Crippen LogP contribution in [0.25, 0.3) is 10.1 Å². The first-order valence-corrected chi connectivity index (χ1v) is 29.7. The van der Waals surface area contributed by atoms with E-state index in [0.717, 1.165) is 31.8 Å². The molecule has 6 N–H and O–H groups in total. The zero-order chi connectivity index (χ0) is 63.0. The molecule has 2 unspecified atom stereocenters. The van der Waals surface area contributed by atoms with Crippen LogP contribution in [0.4, 0.5) is 5.69 Å². The number of amides is 7. The molecule has 3 aromatic carbocycles. The van der Waals surface area contributed by atoms with Crippen LogP contribution < -0.4 is 45.5 Å². The van der Waals surface area contributed by atoms with Crippen LogP contribution in [0.2, 0.25) is 0 Å². The van der Waals surface area contributed by atoms with Gasteiger partial charge in [-0.05, 0) is 90.4 Å². The summed E-state index contributed by atoms with van der Waals surface area (Å²) < 4.78 is 29.4. The topological polar surface area (TPSA) is 330 Å². The monoisotopic (exact) mass is 1230 g/mol. The Morgan fingerprint density at radius 2 is 1.39 bits per heavy atom. The van der Waals surface area contributed by atoms with Crippen molar-refractivity contribution in [1.82, 2.24) is 31.2 Å². The SMILES string of the molecule is COc1cc2sc(C(=O)CCC(=O)O)cc2cc1OCCCOc1nc2c(cc1OC)CC(CCC(=O)CCC(=O)OCc1ccc(NC(=O)CNC(=O)C(Cc3ccccc3)NC(=O)CNC(=O)CNC(=O)CCCCCN3C(=O)C=CC3=O)cc1)C2. The molecule has 0 fully saturated rings. The van der Waals surface area contributed by atoms with Crippen molar-refractivity contribution in [2.24, 2.45) is 5.92 Å². The minimum absolute atomic E-state index is 0.0290. The number of carboxylic acids is 1. The van der Waals surface area contributed by atoms with Gasteiger partial charge in [-0.15, -0.1) is 11.3 Å². The number of methoxy groups -OCH3 is 2. The molecule has 0 radical (unpaired) electrons. The highest BCUT2D eigenvalue weighted by molar-refractivity contribution is 7.20. The number of aliphatic carboxylic acids is 1. The molecule has 2 atom stereocenters. The van der Waals surface area contributed by atoms with Gasteiger partial charge >= 0.3 is 11.9 Å². The predicted molar refractivity (Wildman–Crippen MR) is 321 cm³/mol. The van der Waals surface area contributed by atoms with Crippen molar-refractivity contribution in [1.29, 1.82) is 0 Å². The highest BCUT2D eigenvalue weighted by Gasteiger charge is 2.28. The second-order valence-corrected chi connectivity index (χ2v) is 22.0. The van der Waals surface area contributed by atoms with E-state index in [1.54, 1.807) is 79.9 Å². The number of ether oxygens (including phenoxy) is 5. The van der Waals surface area contributed by atoms with E-state index in [2.05, 4.69) is 26.6 Å². The number of pyridine rings is 1. The Bertz CT molecular complexity index is 3370. The van der Waals surface area contributed by atoms with Crippen LogP contribution in [-0.2, 0) is 78.6 Å². The number of esters is 1. The Labute approximate surface area is 511 Å². The Morgan fingerprint density at radius 1 is 0.670 bits per heavy atom. The number of hydrogen-bond acceptors (Lipinski definition) is 18. The Balaban J connectivity index is 0.747. The molecule has 1 aliphatic carbocycles. The fourth-order valence-corrected chi connectivity index (χ4v) is 10.6. The third kappa shape index (κ3) is 20.9. The molecule has 25 heteroatoms. The van der Waals surface area contributed by atoms with E-state index in [0.29, 0.717) is 84.2 Å². The van der Waals surface area contributed by atoms with Crippen molar-refractivity contribution < 1.29 is 81.5 Å². The lowest BCUT2D eigenvalue weighted by Crippen LogP contribution is -2.52. The molecule has 3 heterocycles. The van der Waals surface area contributed by atoms with Gasteiger partial charge in [-0.3, -0.25) is 57.6 Å². The summed E-state index contributed by atoms with van der Waals surface area (Å²) in [6, 6.07) is 21.5. The Morgan fingerprint density at radius 3 is 2.12 bits per heavy atom. The van der Waals surface area contributed by atoms with Crippen molar-refractivity contribution in [2.75, 3.05) is 58.9 Å². The van der Waals surface area contributed by atoms with Gasteiger partial charge in [-0.2, -0.15) is 0 Å². The third-order valence-electron chi connectivity index (χ3n) is 14.3. The predicted octanol–water partition coefficient (Wildman–Crippen LogP) is 5.30. The number of aromatic nitrogens is 1. The van der Waals surface area contributed by atoms with Crippen LogP contribution >= 0.6 is 11.3 Å². The Kier molecular flexibility index (Phi) is 25.1. The summed E-state index contributed by atoms with van der Waals surface area (Å²) in [4.78, 5) is 143. The molecule has 88 heavy (non-hydrogen) atoms. The van der Waals surface area contributed by atoms with Gasteiger partial charge < -0.3 is 55.4 Å². The van der Waals surface area contributed by atoms with Gasteiger partial charge in [-0.25, -0.2) is 4.98 Å². The van der Waals surface area contributed by atoms with E-state index in [1.165, 1.54) is 30.6 Å². The summed E-state index contributed by atoms with van der Waals surface area (Å²) >= 11 is 1.27. The summed E-state index contributed by atoms with van der Waals surface area (Å²) in [6.45, 7) is -0.564. The molecule has 0 saturated carbocycles. The highest BCUT2D eigenvalue weighted by atomic mass is 32.1. The van der Waals surface area contributed by atoms with Crippen molar-refractivity contribution >= 4 is 92.0 Å². The zero-order valence-corrected chi connectivity index (χ0v) is 49.8. The zero-order valence-electron chi connectivity index (χ0n) is 48.9. The van der Waals surface area contributed by atoms with E-state index in [-0.39, 0.29) is 113 Å². The van der Waals surface area contributed by atoms with Gasteiger partial charge in [0, 0.05) is 79.4 Å². The molecule has 24 nitrogen and oxygen atoms in total. The van der Waals surface area contributed by atoms with Crippen molar-refractivity contribution in [3.63, 3.8) is 0 Å². The van der Waals surface area contributed by atoms with Gasteiger partial charge in [0.05, 0.1) is 64.8 Å². The summed E-state index contributed by atoms with van der Waals surface area (Å²) in [5.74, 6) is -3.52. The van der Waals surface area contributed by atoms with Crippen LogP contribution in [0.1, 0.15) is 103 Å². The van der Waals surface area contributed by atoms with E-state index >= 15 is 0 Å². The number of carbonyl (C=O) groups excluding carboxylic acids is 10. The van der Waals surface area contributed by atoms with Gasteiger partial charge in [0.1, 0.15) is 18.4 Å². The van der Waals surface area contributed by atoms with E-state index in [9.17, 15) is 52.7 Å². The lowest BCUT2D eigenvalue weighted by atomic mass is 9.97. The number of imide groups is 1. The first-order chi connectivity index (χ1) is 42.4. The molecular formula is C63H71N7O17S. The number of nitrogens with one attached hydrogen (secondary N) is 5. The molecule has 7 rings (SSSR count). The molecule has 0 spiro atoms. The number of nitrogens with zero attached hydrogens (tertiary/aromatic N) is 2. The number of carbonyl (C=O) groups is 11. The summed E-state index contributed by atoms with van der Waals surface area (Å²) in [5, 5.41) is 22.4. The number of hydrogen-bond donors (Lipinski definition) is 6. The number of fused-ring (bicyclic) bond motifs is 2. The normalized spacial score (nSPS) is 13.5. The molecule has 0 saturated heterocycles. The third-order valence-corrected chi connectivity index (χ3v) is 15.4. The second-order valence-electron chi connectivity index (χ2n) is 20.9. The molecular weight excluding hydrogens is 1160 g/mol. The number of unbranched alkanes of at least 4 members (excludes halogenated alkanes) is 2. The number of rotatable bonds is 37. The van der Waals surface area contributed by atoms with Crippen LogP contribution in [0.5, 0.6) is 23.1 Å². The summed E-state index contributed by atoms with van der Waals surface area (Å²) in [6.07, 6.45) is 6.59. The number of carboxylic acid groups (broad SMARTS) is 1. The number of ketones is 2. The minimum Gasteiger partial charge on any atom is -0.493 e. The first-order valence-electron chi connectivity index (χ1n) is 28.9. The number of thiophene rings is 1. The van der Waals surface area contributed by atoms with Crippen molar-refractivity contribution in [3.8, 4) is 23.1 Å². The van der Waals surface area contributed by atoms with Crippen LogP contribution in [0.15, 0.2) is 91.0 Å². The lowest BCUT2D eigenvalue weighted by Gasteiger charge is -2.19. The summed E-state index contributed by atoms with van der Waals surface area (Å²) in [5.41, 5.74) is 3.64. The summed E-state index contributed by atoms with van der Waals surface area (Å²) in [7, 11) is 3.07. The molecule has 0 bridgehead atoms. The molecule has 5 aromatic rings. The average Bonchev–Trinajstić information content (AvgIpc) is 2.05. The van der Waals surface area contributed by atoms with E-state index < -0.39 is 54.7 Å². The van der Waals surface area contributed by atoms with E-state index in [1.807, 2.05) is 6.07 Å². The number of Topliss-reactive ketones (excluding diaryl/α,β-unsaturated/α-hetero) is 2. The van der Waals surface area contributed by atoms with Gasteiger partial charge in [0.2, 0.25) is 29.5 Å². The Hall–Kier alpha value is -9.52. The van der Waals surface area contributed by atoms with E-state index in [4.69, 9.17) is 33.8 Å². The van der Waals surface area contributed by atoms with Gasteiger partial charge in [0.25, 0.3) is 17.7 Å². The maximum Gasteiger partial charge on any atom is 0.306 e. The fraction of sp³-hybridized carbons (Fsp3) is 0.397. The van der Waals surface area contributed by atoms with Crippen molar-refractivity contribution in [2.45, 2.75) is 103 Å². The highest BCUT2D eigenvalue weighted by Crippen LogP contribution is 2.38. The van der Waals surface area contributed by atoms with Gasteiger partial charge in [-0.1, -0.05) is 48.9 Å². The lowest BCUT2D eigenvalue weighted by molar-refractivity contribution is -0.146. The molecule has 2 aromatic heterocycles. The van der Waals surface area contributed by atoms with Crippen LogP contribution in [0.3, 0.4) is 0 Å². The van der Waals surface area contributed by atoms with Crippen LogP contribution in [-0.4, -0.2) is 139 Å². The molecule has 1 aliphatic heterocycles. The maximum absolute atomic E-state index is 13.3. The standard InChI is InChI=1S/C63H71N7O17S/c1-83-49-34-52-43(33-53(88-52)48(72)20-23-60(79)80)32-50(49)85-26-9-27-86-63-51(84-2)31-42-28-41(30-46(42)69-63)15-18-45(71)19-24-61(81)87-38-40-13-16-44(17-14-40)67-56(75)37-66-62(82)47(29-39-10-5-3-6-11-39)68-57(76)36-65-55(74)35-64-54(73)12-7-4-8-25-70-58(77)21-22-59(70)78/h3,5-6,10-11,13-14,16-17,21-22,31-34,41,47H,4,7-9,12,15,18-20,23-30,35-38H2,1-2H3,(H,64,73)(H,65,74)(H,66,82)(H,67,75)(H,68,76)(H,79,80). The average molecular weight is 1230 g/mol. The first kappa shape index (κ1) is 66.0. The fourth-order valence-electron chi connectivity index (χ4n) is 9.57. The largest absolute Gasteiger partial charge is 0.493 e. The smallest absolute Gasteiger partial charge is 0.306 e. The molecule has 7 amide bonds. The van der Waals surface area contributed by atoms with Gasteiger partial charge in [0.15, 0.2) is 23.0 Å². The second kappa shape index (κ2) is 33.4. The molecule has 2 aliphatic rings. The van der Waals surface area contributed by atoms with Crippen LogP contribution in [0, 0.1) is 5.92 Å². The number of anilines is 1. The van der Waals surface area contributed by atoms with Crippen molar-refractivity contribution in [3.05, 3.63) is 118 Å². The maximum atomic E-state index is 13.3. The number of benzene rings is 3.